The van der Waals surface area contributed by atoms with Crippen LogP contribution >= 0.6 is 11.6 Å². The van der Waals surface area contributed by atoms with Crippen molar-refractivity contribution in [3.05, 3.63) is 47.5 Å². The maximum Gasteiger partial charge on any atom is 0.228 e. The second-order valence-electron chi connectivity index (χ2n) is 6.29. The second-order valence-corrected chi connectivity index (χ2v) is 6.73. The normalized spacial score (nSPS) is 20.2. The molecule has 1 heterocycles. The lowest BCUT2D eigenvalue weighted by Crippen LogP contribution is -2.21. The number of amides is 2. The summed E-state index contributed by atoms with van der Waals surface area (Å²) in [5.74, 6) is 0.314. The van der Waals surface area contributed by atoms with Crippen LogP contribution in [0.25, 0.3) is 0 Å². The van der Waals surface area contributed by atoms with E-state index in [2.05, 4.69) is 10.6 Å². The van der Waals surface area contributed by atoms with E-state index in [0.717, 1.165) is 0 Å². The van der Waals surface area contributed by atoms with Crippen LogP contribution in [0.1, 0.15) is 6.42 Å². The van der Waals surface area contributed by atoms with Gasteiger partial charge in [0.05, 0.1) is 11.8 Å². The second kappa shape index (κ2) is 6.88. The monoisotopic (exact) mass is 372 g/mol. The average molecular weight is 373 g/mol. The van der Waals surface area contributed by atoms with E-state index < -0.39 is 0 Å². The van der Waals surface area contributed by atoms with E-state index in [1.54, 1.807) is 42.5 Å². The summed E-state index contributed by atoms with van der Waals surface area (Å²) in [5, 5.41) is 6.25. The van der Waals surface area contributed by atoms with Crippen LogP contribution in [-0.2, 0) is 9.59 Å². The lowest BCUT2D eigenvalue weighted by atomic mass is 10.2. The van der Waals surface area contributed by atoms with Gasteiger partial charge in [0.15, 0.2) is 11.5 Å². The number of hydrogen-bond acceptors (Lipinski definition) is 4. The van der Waals surface area contributed by atoms with Crippen molar-refractivity contribution in [3.8, 4) is 11.5 Å². The van der Waals surface area contributed by atoms with Gasteiger partial charge >= 0.3 is 0 Å². The van der Waals surface area contributed by atoms with Gasteiger partial charge in [0.1, 0.15) is 13.2 Å². The minimum absolute atomic E-state index is 0.158. The first-order valence-electron chi connectivity index (χ1n) is 8.37. The van der Waals surface area contributed by atoms with Gasteiger partial charge in [-0.05, 0) is 42.8 Å². The Morgan fingerprint density at radius 1 is 0.846 bits per heavy atom. The zero-order valence-corrected chi connectivity index (χ0v) is 14.6. The van der Waals surface area contributed by atoms with Gasteiger partial charge < -0.3 is 20.1 Å². The molecule has 4 rings (SSSR count). The molecule has 26 heavy (non-hydrogen) atoms. The van der Waals surface area contributed by atoms with Crippen LogP contribution in [0.15, 0.2) is 42.5 Å². The number of carbonyl (C=O) groups is 2. The first-order chi connectivity index (χ1) is 12.6. The summed E-state index contributed by atoms with van der Waals surface area (Å²) in [6.45, 7) is 1.01. The molecule has 0 bridgehead atoms. The Bertz CT molecular complexity index is 853. The van der Waals surface area contributed by atoms with Crippen molar-refractivity contribution in [2.24, 2.45) is 11.8 Å². The van der Waals surface area contributed by atoms with Gasteiger partial charge in [-0.15, -0.1) is 0 Å². The fourth-order valence-corrected chi connectivity index (χ4v) is 3.02. The molecule has 0 saturated heterocycles. The van der Waals surface area contributed by atoms with Crippen LogP contribution in [-0.4, -0.2) is 25.0 Å². The number of nitrogens with one attached hydrogen (secondary N) is 2. The SMILES string of the molecule is O=C(Nc1ccc(Cl)cc1)C1CC1C(=O)Nc1ccc2c(c1)OCCO2. The Labute approximate surface area is 155 Å². The highest BCUT2D eigenvalue weighted by atomic mass is 35.5. The number of hydrogen-bond donors (Lipinski definition) is 2. The van der Waals surface area contributed by atoms with E-state index in [1.165, 1.54) is 0 Å². The summed E-state index contributed by atoms with van der Waals surface area (Å²) in [5.41, 5.74) is 1.29. The zero-order chi connectivity index (χ0) is 18.1. The molecule has 1 aliphatic heterocycles. The van der Waals surface area contributed by atoms with Crippen LogP contribution in [0.4, 0.5) is 11.4 Å². The number of ether oxygens (including phenoxy) is 2. The quantitative estimate of drug-likeness (QED) is 0.863. The Morgan fingerprint density at radius 3 is 2.12 bits per heavy atom. The molecule has 1 saturated carbocycles. The molecule has 1 aliphatic carbocycles. The van der Waals surface area contributed by atoms with Crippen molar-refractivity contribution in [1.29, 1.82) is 0 Å². The smallest absolute Gasteiger partial charge is 0.228 e. The Balaban J connectivity index is 1.33. The molecule has 2 atom stereocenters. The van der Waals surface area contributed by atoms with Crippen LogP contribution in [0.3, 0.4) is 0 Å². The molecular weight excluding hydrogens is 356 g/mol. The molecule has 0 spiro atoms. The van der Waals surface area contributed by atoms with Gasteiger partial charge in [-0.3, -0.25) is 9.59 Å². The topological polar surface area (TPSA) is 76.7 Å². The fourth-order valence-electron chi connectivity index (χ4n) is 2.90. The van der Waals surface area contributed by atoms with Crippen molar-refractivity contribution in [3.63, 3.8) is 0 Å². The van der Waals surface area contributed by atoms with E-state index in [-0.39, 0.29) is 23.7 Å². The Morgan fingerprint density at radius 2 is 1.42 bits per heavy atom. The maximum atomic E-state index is 12.4. The largest absolute Gasteiger partial charge is 0.486 e. The molecule has 7 heteroatoms. The Kier molecular flexibility index (Phi) is 4.42. The highest BCUT2D eigenvalue weighted by Crippen LogP contribution is 2.41. The zero-order valence-electron chi connectivity index (χ0n) is 13.8. The lowest BCUT2D eigenvalue weighted by Gasteiger charge is -2.19. The molecule has 2 amide bonds. The van der Waals surface area contributed by atoms with Crippen LogP contribution in [0, 0.1) is 11.8 Å². The van der Waals surface area contributed by atoms with Crippen LogP contribution < -0.4 is 20.1 Å². The van der Waals surface area contributed by atoms with Crippen molar-refractivity contribution >= 4 is 34.8 Å². The molecule has 0 radical (unpaired) electrons. The molecule has 2 unspecified atom stereocenters. The molecule has 134 valence electrons. The molecule has 1 fully saturated rings. The van der Waals surface area contributed by atoms with Crippen molar-refractivity contribution in [2.45, 2.75) is 6.42 Å². The number of rotatable bonds is 4. The van der Waals surface area contributed by atoms with Gasteiger partial charge in [0.2, 0.25) is 11.8 Å². The van der Waals surface area contributed by atoms with Crippen LogP contribution in [0.5, 0.6) is 11.5 Å². The summed E-state index contributed by atoms with van der Waals surface area (Å²) >= 11 is 5.83. The molecule has 2 aliphatic rings. The van der Waals surface area contributed by atoms with E-state index in [9.17, 15) is 9.59 Å². The summed E-state index contributed by atoms with van der Waals surface area (Å²) < 4.78 is 11.0. The molecular formula is C19H17ClN2O4. The number of anilines is 2. The molecule has 2 N–H and O–H groups in total. The summed E-state index contributed by atoms with van der Waals surface area (Å²) in [4.78, 5) is 24.6. The third kappa shape index (κ3) is 3.60. The standard InChI is InChI=1S/C19H17ClN2O4/c20-11-1-3-12(4-2-11)21-18(23)14-10-15(14)19(24)22-13-5-6-16-17(9-13)26-8-7-25-16/h1-6,9,14-15H,7-8,10H2,(H,21,23)(H,22,24). The van der Waals surface area contributed by atoms with E-state index in [4.69, 9.17) is 21.1 Å². The van der Waals surface area contributed by atoms with E-state index >= 15 is 0 Å². The first-order valence-corrected chi connectivity index (χ1v) is 8.75. The van der Waals surface area contributed by atoms with Crippen molar-refractivity contribution in [1.82, 2.24) is 0 Å². The van der Waals surface area contributed by atoms with Crippen molar-refractivity contribution < 1.29 is 19.1 Å². The molecule has 2 aromatic carbocycles. The highest BCUT2D eigenvalue weighted by Gasteiger charge is 2.48. The van der Waals surface area contributed by atoms with E-state index in [0.29, 0.717) is 47.5 Å². The highest BCUT2D eigenvalue weighted by molar-refractivity contribution is 6.30. The minimum Gasteiger partial charge on any atom is -0.486 e. The maximum absolute atomic E-state index is 12.4. The average Bonchev–Trinajstić information content (AvgIpc) is 3.45. The third-order valence-electron chi connectivity index (χ3n) is 4.39. The number of carbonyl (C=O) groups excluding carboxylic acids is 2. The fraction of sp³-hybridized carbons (Fsp3) is 0.263. The Hall–Kier alpha value is -2.73. The van der Waals surface area contributed by atoms with Gasteiger partial charge in [0, 0.05) is 22.5 Å². The minimum atomic E-state index is -0.324. The van der Waals surface area contributed by atoms with Gasteiger partial charge in [-0.2, -0.15) is 0 Å². The van der Waals surface area contributed by atoms with Gasteiger partial charge in [0.25, 0.3) is 0 Å². The lowest BCUT2D eigenvalue weighted by molar-refractivity contribution is -0.122. The van der Waals surface area contributed by atoms with Gasteiger partial charge in [-0.1, -0.05) is 11.6 Å². The van der Waals surface area contributed by atoms with Crippen LogP contribution in [0.2, 0.25) is 5.02 Å². The predicted molar refractivity (Wildman–Crippen MR) is 97.7 cm³/mol. The summed E-state index contributed by atoms with van der Waals surface area (Å²) in [6, 6.07) is 12.1. The molecule has 0 aromatic heterocycles. The summed E-state index contributed by atoms with van der Waals surface area (Å²) in [6.07, 6.45) is 0.538. The predicted octanol–water partition coefficient (Wildman–Crippen LogP) is 3.32. The molecule has 2 aromatic rings. The third-order valence-corrected chi connectivity index (χ3v) is 4.64. The summed E-state index contributed by atoms with van der Waals surface area (Å²) in [7, 11) is 0. The van der Waals surface area contributed by atoms with E-state index in [1.807, 2.05) is 0 Å². The number of benzene rings is 2. The first kappa shape index (κ1) is 16.7. The molecule has 6 nitrogen and oxygen atoms in total. The van der Waals surface area contributed by atoms with Crippen molar-refractivity contribution in [2.75, 3.05) is 23.8 Å². The van der Waals surface area contributed by atoms with Gasteiger partial charge in [-0.25, -0.2) is 0 Å². The number of fused-ring (bicyclic) bond motifs is 1. The number of halogens is 1.